The number of nitrogens with zero attached hydrogens (tertiary/aromatic N) is 4. The van der Waals surface area contributed by atoms with Crippen LogP contribution in [0.5, 0.6) is 0 Å². The Hall–Kier alpha value is -2.92. The maximum atomic E-state index is 14.2. The molecule has 1 saturated heterocycles. The molecule has 1 aliphatic heterocycles. The van der Waals surface area contributed by atoms with Gasteiger partial charge in [-0.1, -0.05) is 5.16 Å². The minimum Gasteiger partial charge on any atom is -0.367 e. The molecule has 2 aromatic rings. The van der Waals surface area contributed by atoms with E-state index >= 15 is 0 Å². The van der Waals surface area contributed by atoms with E-state index in [-0.39, 0.29) is 11.9 Å². The first kappa shape index (κ1) is 17.9. The molecule has 3 rings (SSSR count). The normalized spacial score (nSPS) is 16.2. The summed E-state index contributed by atoms with van der Waals surface area (Å²) < 4.78 is 19.1. The van der Waals surface area contributed by atoms with E-state index in [1.807, 2.05) is 22.8 Å². The Labute approximate surface area is 151 Å². The molecule has 0 radical (unpaired) electrons. The van der Waals surface area contributed by atoms with Crippen molar-refractivity contribution >= 4 is 17.4 Å². The van der Waals surface area contributed by atoms with Crippen molar-refractivity contribution in [2.45, 2.75) is 19.9 Å². The van der Waals surface area contributed by atoms with E-state index in [2.05, 4.69) is 10.5 Å². The lowest BCUT2D eigenvalue weighted by Crippen LogP contribution is -2.53. The van der Waals surface area contributed by atoms with E-state index in [0.29, 0.717) is 49.0 Å². The number of carbonyl (C=O) groups excluding carboxylic acids is 1. The van der Waals surface area contributed by atoms with Crippen LogP contribution in [0.1, 0.15) is 18.2 Å². The van der Waals surface area contributed by atoms with Gasteiger partial charge >= 0.3 is 0 Å². The monoisotopic (exact) mass is 357 g/mol. The molecule has 1 fully saturated rings. The summed E-state index contributed by atoms with van der Waals surface area (Å²) >= 11 is 0. The third-order valence-electron chi connectivity index (χ3n) is 4.54. The van der Waals surface area contributed by atoms with Crippen LogP contribution in [0, 0.1) is 24.1 Å². The van der Waals surface area contributed by atoms with Crippen LogP contribution in [0.4, 0.5) is 15.9 Å². The number of halogens is 1. The third kappa shape index (κ3) is 3.83. The van der Waals surface area contributed by atoms with Gasteiger partial charge < -0.3 is 14.7 Å². The van der Waals surface area contributed by atoms with E-state index in [1.165, 1.54) is 6.07 Å². The molecule has 7 nitrogen and oxygen atoms in total. The van der Waals surface area contributed by atoms with Gasteiger partial charge in [-0.3, -0.25) is 9.69 Å². The Morgan fingerprint density at radius 2 is 2.08 bits per heavy atom. The number of hydrogen-bond acceptors (Lipinski definition) is 6. The largest absolute Gasteiger partial charge is 0.367 e. The van der Waals surface area contributed by atoms with Crippen LogP contribution in [-0.2, 0) is 4.79 Å². The van der Waals surface area contributed by atoms with E-state index in [0.717, 1.165) is 0 Å². The maximum Gasteiger partial charge on any atom is 0.242 e. The summed E-state index contributed by atoms with van der Waals surface area (Å²) in [4.78, 5) is 16.3. The van der Waals surface area contributed by atoms with Gasteiger partial charge in [-0.05, 0) is 32.0 Å². The fourth-order valence-electron chi connectivity index (χ4n) is 3.00. The summed E-state index contributed by atoms with van der Waals surface area (Å²) in [5.41, 5.74) is 0.789. The van der Waals surface area contributed by atoms with Crippen LogP contribution in [0.2, 0.25) is 0 Å². The lowest BCUT2D eigenvalue weighted by atomic mass is 10.1. The molecule has 1 unspecified atom stereocenters. The standard InChI is InChI=1S/C18H20FN5O2/c1-12-9-17(22-26-12)21-18(25)13(2)23-5-7-24(8-6-23)16-4-3-14(11-20)10-15(16)19/h3-4,9-10,13H,5-8H2,1-2H3,(H,21,22,25). The van der Waals surface area contributed by atoms with Gasteiger partial charge in [-0.25, -0.2) is 4.39 Å². The molecule has 0 spiro atoms. The van der Waals surface area contributed by atoms with Crippen molar-refractivity contribution < 1.29 is 13.7 Å². The number of aryl methyl sites for hydroxylation is 1. The third-order valence-corrected chi connectivity index (χ3v) is 4.54. The zero-order valence-electron chi connectivity index (χ0n) is 14.7. The zero-order chi connectivity index (χ0) is 18.7. The highest BCUT2D eigenvalue weighted by molar-refractivity contribution is 5.93. The lowest BCUT2D eigenvalue weighted by Gasteiger charge is -2.38. The first-order valence-electron chi connectivity index (χ1n) is 8.41. The number of piperazine rings is 1. The molecule has 1 amide bonds. The van der Waals surface area contributed by atoms with Crippen LogP contribution in [0.25, 0.3) is 0 Å². The SMILES string of the molecule is Cc1cc(NC(=O)C(C)N2CCN(c3ccc(C#N)cc3F)CC2)no1. The smallest absolute Gasteiger partial charge is 0.242 e. The second-order valence-electron chi connectivity index (χ2n) is 6.29. The van der Waals surface area contributed by atoms with Crippen molar-refractivity contribution in [1.82, 2.24) is 10.1 Å². The second-order valence-corrected chi connectivity index (χ2v) is 6.29. The highest BCUT2D eigenvalue weighted by atomic mass is 19.1. The second kappa shape index (κ2) is 7.54. The Morgan fingerprint density at radius 3 is 2.65 bits per heavy atom. The van der Waals surface area contributed by atoms with E-state index in [4.69, 9.17) is 9.78 Å². The zero-order valence-corrected chi connectivity index (χ0v) is 14.7. The van der Waals surface area contributed by atoms with Crippen molar-refractivity contribution in [3.63, 3.8) is 0 Å². The van der Waals surface area contributed by atoms with Crippen LogP contribution in [0.15, 0.2) is 28.8 Å². The van der Waals surface area contributed by atoms with Crippen molar-refractivity contribution in [2.75, 3.05) is 36.4 Å². The average Bonchev–Trinajstić information content (AvgIpc) is 3.05. The van der Waals surface area contributed by atoms with Crippen LogP contribution in [0.3, 0.4) is 0 Å². The van der Waals surface area contributed by atoms with Crippen LogP contribution >= 0.6 is 0 Å². The van der Waals surface area contributed by atoms with Gasteiger partial charge in [0.25, 0.3) is 0 Å². The molecule has 1 N–H and O–H groups in total. The summed E-state index contributed by atoms with van der Waals surface area (Å²) in [6.07, 6.45) is 0. The molecule has 1 aromatic carbocycles. The number of nitriles is 1. The summed E-state index contributed by atoms with van der Waals surface area (Å²) in [7, 11) is 0. The minimum atomic E-state index is -0.398. The summed E-state index contributed by atoms with van der Waals surface area (Å²) in [6, 6.07) is 7.75. The molecular weight excluding hydrogens is 337 g/mol. The fourth-order valence-corrected chi connectivity index (χ4v) is 3.00. The number of anilines is 2. The number of rotatable bonds is 4. The number of amides is 1. The van der Waals surface area contributed by atoms with E-state index in [1.54, 1.807) is 25.1 Å². The molecule has 0 bridgehead atoms. The van der Waals surface area contributed by atoms with Gasteiger partial charge in [-0.2, -0.15) is 5.26 Å². The number of aromatic nitrogens is 1. The van der Waals surface area contributed by atoms with Crippen molar-refractivity contribution in [3.8, 4) is 6.07 Å². The van der Waals surface area contributed by atoms with Crippen molar-refractivity contribution in [1.29, 1.82) is 5.26 Å². The average molecular weight is 357 g/mol. The van der Waals surface area contributed by atoms with Gasteiger partial charge in [0.15, 0.2) is 5.82 Å². The van der Waals surface area contributed by atoms with Gasteiger partial charge in [0.05, 0.1) is 23.4 Å². The minimum absolute atomic E-state index is 0.156. The molecule has 1 aromatic heterocycles. The van der Waals surface area contributed by atoms with E-state index < -0.39 is 5.82 Å². The van der Waals surface area contributed by atoms with Gasteiger partial charge in [-0.15, -0.1) is 0 Å². The molecule has 1 atom stereocenters. The van der Waals surface area contributed by atoms with E-state index in [9.17, 15) is 9.18 Å². The summed E-state index contributed by atoms with van der Waals surface area (Å²) in [5, 5.41) is 15.3. The molecule has 136 valence electrons. The molecule has 1 aliphatic rings. The topological polar surface area (TPSA) is 85.4 Å². The highest BCUT2D eigenvalue weighted by Gasteiger charge is 2.27. The number of hydrogen-bond donors (Lipinski definition) is 1. The van der Waals surface area contributed by atoms with Gasteiger partial charge in [0, 0.05) is 32.2 Å². The summed E-state index contributed by atoms with van der Waals surface area (Å²) in [5.74, 6) is 0.477. The number of carbonyl (C=O) groups is 1. The molecule has 0 aliphatic carbocycles. The molecule has 8 heteroatoms. The van der Waals surface area contributed by atoms with Crippen LogP contribution in [-0.4, -0.2) is 48.2 Å². The predicted molar refractivity (Wildman–Crippen MR) is 94.2 cm³/mol. The van der Waals surface area contributed by atoms with Crippen molar-refractivity contribution in [2.24, 2.45) is 0 Å². The fraction of sp³-hybridized carbons (Fsp3) is 0.389. The predicted octanol–water partition coefficient (Wildman–Crippen LogP) is 2.14. The Balaban J connectivity index is 1.57. The highest BCUT2D eigenvalue weighted by Crippen LogP contribution is 2.22. The molecule has 2 heterocycles. The van der Waals surface area contributed by atoms with Gasteiger partial charge in [0.1, 0.15) is 11.6 Å². The first-order chi connectivity index (χ1) is 12.5. The quantitative estimate of drug-likeness (QED) is 0.902. The Kier molecular flexibility index (Phi) is 5.19. The number of benzene rings is 1. The first-order valence-corrected chi connectivity index (χ1v) is 8.41. The lowest BCUT2D eigenvalue weighted by molar-refractivity contribution is -0.120. The maximum absolute atomic E-state index is 14.2. The summed E-state index contributed by atoms with van der Waals surface area (Å²) in [6.45, 7) is 6.05. The van der Waals surface area contributed by atoms with Crippen molar-refractivity contribution in [3.05, 3.63) is 41.4 Å². The van der Waals surface area contributed by atoms with Crippen LogP contribution < -0.4 is 10.2 Å². The Morgan fingerprint density at radius 1 is 1.35 bits per heavy atom. The van der Waals surface area contributed by atoms with Gasteiger partial charge in [0.2, 0.25) is 5.91 Å². The molecule has 0 saturated carbocycles. The number of nitrogens with one attached hydrogen (secondary N) is 1. The Bertz CT molecular complexity index is 836. The molecule has 26 heavy (non-hydrogen) atoms. The molecular formula is C18H20FN5O2.